The Hall–Kier alpha value is -1.44. The van der Waals surface area contributed by atoms with Crippen LogP contribution < -0.4 is 4.72 Å². The molecule has 0 aliphatic rings. The molecule has 0 fully saturated rings. The molecular weight excluding hydrogens is 246 g/mol. The maximum atomic E-state index is 11.4. The molecule has 0 radical (unpaired) electrons. The van der Waals surface area contributed by atoms with E-state index in [9.17, 15) is 13.2 Å². The maximum Gasteiger partial charge on any atom is 0.320 e. The summed E-state index contributed by atoms with van der Waals surface area (Å²) in [6.45, 7) is -0.442. The zero-order valence-corrected chi connectivity index (χ0v) is 9.72. The summed E-state index contributed by atoms with van der Waals surface area (Å²) < 4.78 is 24.9. The minimum atomic E-state index is -3.95. The van der Waals surface area contributed by atoms with Gasteiger partial charge in [0, 0.05) is 0 Å². The van der Waals surface area contributed by atoms with Crippen LogP contribution in [-0.2, 0) is 14.8 Å². The summed E-state index contributed by atoms with van der Waals surface area (Å²) in [6.07, 6.45) is 0. The number of carboxylic acids is 1. The summed E-state index contributed by atoms with van der Waals surface area (Å²) in [5, 5.41) is 17.5. The molecule has 1 aromatic carbocycles. The minimum Gasteiger partial charge on any atom is -0.480 e. The molecule has 17 heavy (non-hydrogen) atoms. The fourth-order valence-corrected chi connectivity index (χ4v) is 2.37. The first-order chi connectivity index (χ1) is 7.94. The van der Waals surface area contributed by atoms with E-state index in [-0.39, 0.29) is 0 Å². The van der Waals surface area contributed by atoms with E-state index in [2.05, 4.69) is 4.72 Å². The van der Waals surface area contributed by atoms with Gasteiger partial charge in [-0.15, -0.1) is 0 Å². The highest BCUT2D eigenvalue weighted by atomic mass is 32.2. The number of nitrogens with one attached hydrogen (secondary N) is 1. The van der Waals surface area contributed by atoms with Crippen LogP contribution in [0.4, 0.5) is 0 Å². The van der Waals surface area contributed by atoms with Gasteiger partial charge in [0.15, 0.2) is 5.75 Å². The summed E-state index contributed by atoms with van der Waals surface area (Å²) in [5.41, 5.74) is 0.573. The molecule has 6 nitrogen and oxygen atoms in total. The number of hydrogen-bond donors (Lipinski definition) is 3. The molecule has 1 atom stereocenters. The van der Waals surface area contributed by atoms with Crippen LogP contribution in [-0.4, -0.2) is 37.0 Å². The van der Waals surface area contributed by atoms with Crippen LogP contribution in [0.25, 0.3) is 0 Å². The first kappa shape index (κ1) is 13.6. The first-order valence-electron chi connectivity index (χ1n) is 4.82. The monoisotopic (exact) mass is 259 g/mol. The van der Waals surface area contributed by atoms with Crippen molar-refractivity contribution in [3.05, 3.63) is 35.9 Å². The summed E-state index contributed by atoms with van der Waals surface area (Å²) in [4.78, 5) is 10.3. The van der Waals surface area contributed by atoms with Gasteiger partial charge in [-0.2, -0.15) is 0 Å². The molecule has 7 heteroatoms. The molecule has 0 aromatic heterocycles. The smallest absolute Gasteiger partial charge is 0.320 e. The fourth-order valence-electron chi connectivity index (χ4n) is 1.32. The molecular formula is C10H13NO5S. The molecule has 0 amide bonds. The lowest BCUT2D eigenvalue weighted by atomic mass is 10.1. The number of aliphatic carboxylic acids is 1. The second kappa shape index (κ2) is 5.76. The van der Waals surface area contributed by atoms with Crippen molar-refractivity contribution in [3.63, 3.8) is 0 Å². The molecule has 3 N–H and O–H groups in total. The van der Waals surface area contributed by atoms with E-state index < -0.39 is 34.4 Å². The van der Waals surface area contributed by atoms with E-state index >= 15 is 0 Å². The Balaban J connectivity index is 2.81. The number of rotatable bonds is 6. The van der Waals surface area contributed by atoms with Gasteiger partial charge in [0.1, 0.15) is 0 Å². The van der Waals surface area contributed by atoms with Gasteiger partial charge in [0.2, 0.25) is 10.0 Å². The summed E-state index contributed by atoms with van der Waals surface area (Å²) >= 11 is 0. The normalized spacial score (nSPS) is 13.2. The lowest BCUT2D eigenvalue weighted by molar-refractivity contribution is -0.134. The highest BCUT2D eigenvalue weighted by molar-refractivity contribution is 7.90. The van der Waals surface area contributed by atoms with Gasteiger partial charge in [0.25, 0.3) is 0 Å². The number of aliphatic hydroxyl groups is 1. The van der Waals surface area contributed by atoms with Gasteiger partial charge >= 0.3 is 5.97 Å². The SMILES string of the molecule is O=C(O)CS(=O)(=O)N[C@H](CO)c1ccccc1. The third-order valence-electron chi connectivity index (χ3n) is 2.02. The van der Waals surface area contributed by atoms with Gasteiger partial charge in [-0.3, -0.25) is 4.79 Å². The Morgan fingerprint density at radius 2 is 1.88 bits per heavy atom. The Bertz CT molecular complexity index is 471. The van der Waals surface area contributed by atoms with E-state index in [0.29, 0.717) is 5.56 Å². The van der Waals surface area contributed by atoms with Gasteiger partial charge in [-0.05, 0) is 5.56 Å². The number of aliphatic hydroxyl groups excluding tert-OH is 1. The average Bonchev–Trinajstić information content (AvgIpc) is 2.25. The second-order valence-corrected chi connectivity index (χ2v) is 5.17. The Kier molecular flexibility index (Phi) is 4.62. The van der Waals surface area contributed by atoms with Gasteiger partial charge in [-0.1, -0.05) is 30.3 Å². The van der Waals surface area contributed by atoms with E-state index in [1.165, 1.54) is 0 Å². The second-order valence-electron chi connectivity index (χ2n) is 3.42. The van der Waals surface area contributed by atoms with Crippen LogP contribution in [0.1, 0.15) is 11.6 Å². The highest BCUT2D eigenvalue weighted by Gasteiger charge is 2.21. The summed E-state index contributed by atoms with van der Waals surface area (Å²) in [6, 6.07) is 7.60. The number of benzene rings is 1. The van der Waals surface area contributed by atoms with Crippen molar-refractivity contribution in [2.75, 3.05) is 12.4 Å². The third-order valence-corrected chi connectivity index (χ3v) is 3.29. The quantitative estimate of drug-likeness (QED) is 0.652. The molecule has 1 rings (SSSR count). The standard InChI is InChI=1S/C10H13NO5S/c12-6-9(8-4-2-1-3-5-8)11-17(15,16)7-10(13)14/h1-5,9,11-12H,6-7H2,(H,13,14)/t9-/m1/s1. The van der Waals surface area contributed by atoms with Gasteiger partial charge < -0.3 is 10.2 Å². The van der Waals surface area contributed by atoms with E-state index in [1.54, 1.807) is 30.3 Å². The lowest BCUT2D eigenvalue weighted by Crippen LogP contribution is -2.34. The molecule has 0 aliphatic carbocycles. The molecule has 1 aromatic rings. The molecule has 0 heterocycles. The van der Waals surface area contributed by atoms with Gasteiger partial charge in [0.05, 0.1) is 12.6 Å². The minimum absolute atomic E-state index is 0.442. The summed E-state index contributed by atoms with van der Waals surface area (Å²) in [7, 11) is -3.95. The Morgan fingerprint density at radius 3 is 2.35 bits per heavy atom. The molecule has 0 bridgehead atoms. The van der Waals surface area contributed by atoms with Crippen LogP contribution in [0.15, 0.2) is 30.3 Å². The summed E-state index contributed by atoms with van der Waals surface area (Å²) in [5.74, 6) is -2.46. The first-order valence-corrected chi connectivity index (χ1v) is 6.47. The largest absolute Gasteiger partial charge is 0.480 e. The van der Waals surface area contributed by atoms with Crippen LogP contribution >= 0.6 is 0 Å². The zero-order chi connectivity index (χ0) is 12.9. The predicted molar refractivity (Wildman–Crippen MR) is 60.8 cm³/mol. The highest BCUT2D eigenvalue weighted by Crippen LogP contribution is 2.12. The molecule has 0 spiro atoms. The van der Waals surface area contributed by atoms with Crippen molar-refractivity contribution < 1.29 is 23.4 Å². The van der Waals surface area contributed by atoms with Crippen molar-refractivity contribution in [3.8, 4) is 0 Å². The Labute approximate surface area is 99.0 Å². The molecule has 0 aliphatic heterocycles. The van der Waals surface area contributed by atoms with Gasteiger partial charge in [-0.25, -0.2) is 13.1 Å². The molecule has 0 saturated heterocycles. The van der Waals surface area contributed by atoms with Crippen LogP contribution in [0.2, 0.25) is 0 Å². The van der Waals surface area contributed by atoms with Crippen LogP contribution in [0.3, 0.4) is 0 Å². The van der Waals surface area contributed by atoms with Crippen molar-refractivity contribution in [2.24, 2.45) is 0 Å². The van der Waals surface area contributed by atoms with Crippen molar-refractivity contribution in [2.45, 2.75) is 6.04 Å². The van der Waals surface area contributed by atoms with E-state index in [0.717, 1.165) is 0 Å². The van der Waals surface area contributed by atoms with Crippen molar-refractivity contribution in [1.29, 1.82) is 0 Å². The average molecular weight is 259 g/mol. The zero-order valence-electron chi connectivity index (χ0n) is 8.91. The topological polar surface area (TPSA) is 104 Å². The number of sulfonamides is 1. The number of carbonyl (C=O) groups is 1. The lowest BCUT2D eigenvalue weighted by Gasteiger charge is -2.15. The molecule has 0 saturated carbocycles. The number of hydrogen-bond acceptors (Lipinski definition) is 4. The van der Waals surface area contributed by atoms with Crippen molar-refractivity contribution in [1.82, 2.24) is 4.72 Å². The van der Waals surface area contributed by atoms with Crippen LogP contribution in [0, 0.1) is 0 Å². The molecule has 94 valence electrons. The Morgan fingerprint density at radius 1 is 1.29 bits per heavy atom. The van der Waals surface area contributed by atoms with Crippen molar-refractivity contribution >= 4 is 16.0 Å². The van der Waals surface area contributed by atoms with E-state index in [4.69, 9.17) is 10.2 Å². The molecule has 0 unspecified atom stereocenters. The maximum absolute atomic E-state index is 11.4. The van der Waals surface area contributed by atoms with E-state index in [1.807, 2.05) is 0 Å². The number of carboxylic acid groups (broad SMARTS) is 1. The fraction of sp³-hybridized carbons (Fsp3) is 0.300. The van der Waals surface area contributed by atoms with Crippen LogP contribution in [0.5, 0.6) is 0 Å². The predicted octanol–water partition coefficient (Wildman–Crippen LogP) is -0.276. The third kappa shape index (κ3) is 4.51.